The lowest BCUT2D eigenvalue weighted by atomic mass is 10.2. The summed E-state index contributed by atoms with van der Waals surface area (Å²) in [6.07, 6.45) is -1.03. The molecule has 0 aromatic heterocycles. The van der Waals surface area contributed by atoms with Crippen molar-refractivity contribution in [2.24, 2.45) is 0 Å². The second-order valence-corrected chi connectivity index (χ2v) is 7.48. The van der Waals surface area contributed by atoms with Crippen LogP contribution < -0.4 is 20.9 Å². The van der Waals surface area contributed by atoms with Crippen LogP contribution in [0.5, 0.6) is 5.75 Å². The number of para-hydroxylation sites is 1. The molecule has 9 heteroatoms. The van der Waals surface area contributed by atoms with Crippen LogP contribution in [0.1, 0.15) is 24.2 Å². The van der Waals surface area contributed by atoms with Crippen molar-refractivity contribution in [1.82, 2.24) is 10.9 Å². The third-order valence-electron chi connectivity index (χ3n) is 3.98. The summed E-state index contributed by atoms with van der Waals surface area (Å²) in [6.45, 7) is 3.23. The van der Waals surface area contributed by atoms with E-state index in [-0.39, 0.29) is 22.5 Å². The van der Waals surface area contributed by atoms with Crippen molar-refractivity contribution in [3.8, 4) is 5.75 Å². The fraction of sp³-hybridized carbons (Fsp3) is 0.211. The van der Waals surface area contributed by atoms with Crippen LogP contribution in [0.25, 0.3) is 0 Å². The second kappa shape index (κ2) is 8.30. The van der Waals surface area contributed by atoms with Crippen LogP contribution in [0.2, 0.25) is 0 Å². The number of benzene rings is 2. The summed E-state index contributed by atoms with van der Waals surface area (Å²) < 4.78 is 18.8. The number of amides is 3. The summed E-state index contributed by atoms with van der Waals surface area (Å²) in [5, 5.41) is 2.53. The maximum atomic E-state index is 13.6. The molecule has 146 valence electrons. The zero-order chi connectivity index (χ0) is 20.3. The van der Waals surface area contributed by atoms with Gasteiger partial charge in [0.05, 0.1) is 10.9 Å². The normalized spacial score (nSPS) is 16.4. The summed E-state index contributed by atoms with van der Waals surface area (Å²) in [4.78, 5) is 37.0. The molecule has 0 bridgehead atoms. The number of carbonyl (C=O) groups excluding carboxylic acids is 3. The number of anilines is 1. The minimum absolute atomic E-state index is 0.0615. The Morgan fingerprint density at radius 3 is 2.71 bits per heavy atom. The van der Waals surface area contributed by atoms with Gasteiger partial charge in [0.1, 0.15) is 0 Å². The molecule has 2 atom stereocenters. The molecule has 0 radical (unpaired) electrons. The van der Waals surface area contributed by atoms with Gasteiger partial charge < -0.3 is 10.1 Å². The number of halogens is 1. The fourth-order valence-corrected chi connectivity index (χ4v) is 3.36. The Bertz CT molecular complexity index is 937. The largest absolute Gasteiger partial charge is 0.478 e. The third kappa shape index (κ3) is 4.42. The van der Waals surface area contributed by atoms with Gasteiger partial charge in [0.15, 0.2) is 17.7 Å². The van der Waals surface area contributed by atoms with Crippen molar-refractivity contribution in [2.75, 3.05) is 5.32 Å². The van der Waals surface area contributed by atoms with Crippen LogP contribution >= 0.6 is 11.8 Å². The number of hydrazine groups is 1. The zero-order valence-corrected chi connectivity index (χ0v) is 15.9. The van der Waals surface area contributed by atoms with E-state index < -0.39 is 23.7 Å². The number of carbonyl (C=O) groups is 3. The number of hydrogen-bond acceptors (Lipinski definition) is 5. The maximum absolute atomic E-state index is 13.6. The van der Waals surface area contributed by atoms with Gasteiger partial charge in [-0.1, -0.05) is 12.1 Å². The van der Waals surface area contributed by atoms with E-state index in [9.17, 15) is 18.8 Å². The molecule has 1 aliphatic rings. The SMILES string of the molecule is C[C@H](Oc1ccccc1F)C(=O)NNC(=O)c1ccc2c(c1)NC(=O)[C@@H](C)S2. The Balaban J connectivity index is 1.58. The minimum atomic E-state index is -1.03. The number of hydrogen-bond donors (Lipinski definition) is 3. The number of nitrogens with one attached hydrogen (secondary N) is 3. The Kier molecular flexibility index (Phi) is 5.84. The smallest absolute Gasteiger partial charge is 0.279 e. The highest BCUT2D eigenvalue weighted by molar-refractivity contribution is 8.00. The van der Waals surface area contributed by atoms with E-state index in [1.807, 2.05) is 0 Å². The highest BCUT2D eigenvalue weighted by atomic mass is 32.2. The van der Waals surface area contributed by atoms with E-state index in [1.165, 1.54) is 43.0 Å². The first-order valence-corrected chi connectivity index (χ1v) is 9.36. The number of thioether (sulfide) groups is 1. The molecule has 2 aromatic carbocycles. The lowest BCUT2D eigenvalue weighted by Crippen LogP contribution is -2.47. The van der Waals surface area contributed by atoms with Gasteiger partial charge >= 0.3 is 0 Å². The Labute approximate surface area is 165 Å². The Morgan fingerprint density at radius 1 is 1.21 bits per heavy atom. The van der Waals surface area contributed by atoms with E-state index in [0.29, 0.717) is 5.69 Å². The van der Waals surface area contributed by atoms with Gasteiger partial charge in [0.25, 0.3) is 11.8 Å². The van der Waals surface area contributed by atoms with Gasteiger partial charge in [-0.3, -0.25) is 25.2 Å². The maximum Gasteiger partial charge on any atom is 0.279 e. The summed E-state index contributed by atoms with van der Waals surface area (Å²) in [6, 6.07) is 10.6. The van der Waals surface area contributed by atoms with Crippen molar-refractivity contribution in [1.29, 1.82) is 0 Å². The van der Waals surface area contributed by atoms with Gasteiger partial charge in [-0.05, 0) is 44.2 Å². The Hall–Kier alpha value is -3.07. The Morgan fingerprint density at radius 2 is 1.96 bits per heavy atom. The second-order valence-electron chi connectivity index (χ2n) is 6.09. The first-order chi connectivity index (χ1) is 13.3. The molecule has 3 amide bonds. The molecular formula is C19H18FN3O4S. The van der Waals surface area contributed by atoms with Gasteiger partial charge in [-0.25, -0.2) is 4.39 Å². The van der Waals surface area contributed by atoms with Gasteiger partial charge in [0.2, 0.25) is 5.91 Å². The molecular weight excluding hydrogens is 385 g/mol. The first kappa shape index (κ1) is 19.7. The predicted octanol–water partition coefficient (Wildman–Crippen LogP) is 2.49. The summed E-state index contributed by atoms with van der Waals surface area (Å²) in [5.74, 6) is -2.00. The van der Waals surface area contributed by atoms with Crippen molar-refractivity contribution in [3.63, 3.8) is 0 Å². The average molecular weight is 403 g/mol. The molecule has 0 aliphatic carbocycles. The highest BCUT2D eigenvalue weighted by Crippen LogP contribution is 2.35. The van der Waals surface area contributed by atoms with Crippen molar-refractivity contribution in [2.45, 2.75) is 30.1 Å². The van der Waals surface area contributed by atoms with Crippen molar-refractivity contribution < 1.29 is 23.5 Å². The van der Waals surface area contributed by atoms with Crippen LogP contribution in [0.3, 0.4) is 0 Å². The molecule has 1 aliphatic heterocycles. The summed E-state index contributed by atoms with van der Waals surface area (Å²) >= 11 is 1.40. The molecule has 3 rings (SSSR count). The molecule has 0 fully saturated rings. The van der Waals surface area contributed by atoms with Gasteiger partial charge in [-0.2, -0.15) is 0 Å². The monoisotopic (exact) mass is 403 g/mol. The third-order valence-corrected chi connectivity index (χ3v) is 5.16. The standard InChI is InChI=1S/C19H18FN3O4S/c1-10(27-15-6-4-3-5-13(15)20)17(24)22-23-19(26)12-7-8-16-14(9-12)21-18(25)11(2)28-16/h3-11H,1-2H3,(H,21,25)(H,22,24)(H,23,26)/t10-,11+/m0/s1. The number of rotatable bonds is 4. The molecule has 0 unspecified atom stereocenters. The first-order valence-electron chi connectivity index (χ1n) is 8.48. The lowest BCUT2D eigenvalue weighted by molar-refractivity contribution is -0.128. The zero-order valence-electron chi connectivity index (χ0n) is 15.1. The number of fused-ring (bicyclic) bond motifs is 1. The molecule has 1 heterocycles. The molecule has 0 saturated heterocycles. The van der Waals surface area contributed by atoms with E-state index in [4.69, 9.17) is 4.74 Å². The molecule has 7 nitrogen and oxygen atoms in total. The van der Waals surface area contributed by atoms with Crippen molar-refractivity contribution >= 4 is 35.2 Å². The average Bonchev–Trinajstić information content (AvgIpc) is 2.68. The van der Waals surface area contributed by atoms with Crippen LogP contribution in [0.4, 0.5) is 10.1 Å². The quantitative estimate of drug-likeness (QED) is 0.682. The van der Waals surface area contributed by atoms with Gasteiger partial charge in [0, 0.05) is 10.5 Å². The summed E-state index contributed by atoms with van der Waals surface area (Å²) in [5.41, 5.74) is 5.32. The van der Waals surface area contributed by atoms with E-state index in [0.717, 1.165) is 4.90 Å². The van der Waals surface area contributed by atoms with E-state index in [2.05, 4.69) is 16.2 Å². The van der Waals surface area contributed by atoms with Gasteiger partial charge in [-0.15, -0.1) is 11.8 Å². The summed E-state index contributed by atoms with van der Waals surface area (Å²) in [7, 11) is 0. The van der Waals surface area contributed by atoms with Crippen LogP contribution in [0, 0.1) is 5.82 Å². The molecule has 0 spiro atoms. The van der Waals surface area contributed by atoms with Crippen LogP contribution in [0.15, 0.2) is 47.4 Å². The van der Waals surface area contributed by atoms with E-state index >= 15 is 0 Å². The fourth-order valence-electron chi connectivity index (χ4n) is 2.43. The van der Waals surface area contributed by atoms with Crippen LogP contribution in [-0.2, 0) is 9.59 Å². The van der Waals surface area contributed by atoms with E-state index in [1.54, 1.807) is 25.1 Å². The van der Waals surface area contributed by atoms with Crippen LogP contribution in [-0.4, -0.2) is 29.1 Å². The van der Waals surface area contributed by atoms with Crippen molar-refractivity contribution in [3.05, 3.63) is 53.8 Å². The topological polar surface area (TPSA) is 96.5 Å². The minimum Gasteiger partial charge on any atom is -0.478 e. The number of ether oxygens (including phenoxy) is 1. The molecule has 28 heavy (non-hydrogen) atoms. The molecule has 3 N–H and O–H groups in total. The molecule has 2 aromatic rings. The lowest BCUT2D eigenvalue weighted by Gasteiger charge is -2.21. The highest BCUT2D eigenvalue weighted by Gasteiger charge is 2.24. The molecule has 0 saturated carbocycles. The predicted molar refractivity (Wildman–Crippen MR) is 102 cm³/mol.